The first-order valence-electron chi connectivity index (χ1n) is 6.90. The Labute approximate surface area is 131 Å². The minimum atomic E-state index is 0.0950. The molecule has 0 aliphatic carbocycles. The van der Waals surface area contributed by atoms with E-state index in [1.165, 1.54) is 16.2 Å². The lowest BCUT2D eigenvalue weighted by Gasteiger charge is -2.08. The van der Waals surface area contributed by atoms with Crippen LogP contribution in [0, 0.1) is 0 Å². The fourth-order valence-electron chi connectivity index (χ4n) is 2.60. The van der Waals surface area contributed by atoms with Gasteiger partial charge in [-0.05, 0) is 35.9 Å². The van der Waals surface area contributed by atoms with Crippen molar-refractivity contribution in [2.75, 3.05) is 5.75 Å². The predicted octanol–water partition coefficient (Wildman–Crippen LogP) is 4.32. The molecule has 21 heavy (non-hydrogen) atoms. The number of carbonyl (C=O) groups is 1. The smallest absolute Gasteiger partial charge is 0.204 e. The zero-order chi connectivity index (χ0) is 14.2. The van der Waals surface area contributed by atoms with Crippen molar-refractivity contribution in [3.8, 4) is 0 Å². The quantitative estimate of drug-likeness (QED) is 0.660. The Kier molecular flexibility index (Phi) is 3.28. The van der Waals surface area contributed by atoms with Crippen LogP contribution in [0.1, 0.15) is 25.7 Å². The van der Waals surface area contributed by atoms with Crippen molar-refractivity contribution in [2.45, 2.75) is 12.2 Å². The number of rotatable bonds is 2. The van der Waals surface area contributed by atoms with Crippen molar-refractivity contribution in [1.82, 2.24) is 4.98 Å². The second kappa shape index (κ2) is 5.28. The zero-order valence-electron chi connectivity index (χ0n) is 11.3. The molecular formula is C17H13NOS2. The highest BCUT2D eigenvalue weighted by Crippen LogP contribution is 2.32. The molecule has 0 saturated heterocycles. The normalized spacial score (nSPS) is 14.1. The van der Waals surface area contributed by atoms with Gasteiger partial charge in [-0.3, -0.25) is 9.78 Å². The molecular weight excluding hydrogens is 298 g/mol. The van der Waals surface area contributed by atoms with E-state index in [0.29, 0.717) is 5.56 Å². The average molecular weight is 311 g/mol. The van der Waals surface area contributed by atoms with Gasteiger partial charge in [-0.2, -0.15) is 11.8 Å². The van der Waals surface area contributed by atoms with Crippen molar-refractivity contribution in [3.05, 3.63) is 63.5 Å². The number of thioether (sulfide) groups is 1. The van der Waals surface area contributed by atoms with E-state index in [9.17, 15) is 4.79 Å². The van der Waals surface area contributed by atoms with Gasteiger partial charge in [-0.25, -0.2) is 0 Å². The number of carbonyl (C=O) groups excluding carboxylic acids is 1. The van der Waals surface area contributed by atoms with E-state index in [1.807, 2.05) is 42.1 Å². The number of aryl methyl sites for hydroxylation is 1. The molecule has 2 aromatic heterocycles. The summed E-state index contributed by atoms with van der Waals surface area (Å²) in [4.78, 5) is 19.3. The first-order chi connectivity index (χ1) is 10.3. The van der Waals surface area contributed by atoms with Crippen LogP contribution in [0.25, 0.3) is 10.9 Å². The third kappa shape index (κ3) is 2.39. The highest BCUT2D eigenvalue weighted by atomic mass is 32.2. The zero-order valence-corrected chi connectivity index (χ0v) is 13.0. The molecule has 3 aromatic rings. The highest BCUT2D eigenvalue weighted by molar-refractivity contribution is 7.98. The van der Waals surface area contributed by atoms with Gasteiger partial charge in [0.05, 0.1) is 10.4 Å². The van der Waals surface area contributed by atoms with Crippen LogP contribution in [-0.4, -0.2) is 16.5 Å². The van der Waals surface area contributed by atoms with Crippen molar-refractivity contribution in [3.63, 3.8) is 0 Å². The molecule has 0 spiro atoms. The summed E-state index contributed by atoms with van der Waals surface area (Å²) in [6.07, 6.45) is 2.78. The fraction of sp³-hybridized carbons (Fsp3) is 0.176. The first kappa shape index (κ1) is 13.0. The maximum absolute atomic E-state index is 12.7. The van der Waals surface area contributed by atoms with Crippen LogP contribution in [0.15, 0.2) is 42.6 Å². The van der Waals surface area contributed by atoms with Gasteiger partial charge in [0, 0.05) is 27.8 Å². The molecule has 0 atom stereocenters. The van der Waals surface area contributed by atoms with E-state index < -0.39 is 0 Å². The van der Waals surface area contributed by atoms with Gasteiger partial charge in [0.1, 0.15) is 0 Å². The molecule has 4 rings (SSSR count). The predicted molar refractivity (Wildman–Crippen MR) is 89.4 cm³/mol. The lowest BCUT2D eigenvalue weighted by atomic mass is 10.1. The van der Waals surface area contributed by atoms with Crippen LogP contribution < -0.4 is 0 Å². The third-order valence-electron chi connectivity index (χ3n) is 3.70. The number of benzene rings is 1. The topological polar surface area (TPSA) is 30.0 Å². The van der Waals surface area contributed by atoms with E-state index >= 15 is 0 Å². The summed E-state index contributed by atoms with van der Waals surface area (Å²) in [5, 5.41) is 1.01. The molecule has 0 bridgehead atoms. The van der Waals surface area contributed by atoms with Gasteiger partial charge in [-0.1, -0.05) is 18.2 Å². The molecule has 0 N–H and O–H groups in total. The molecule has 1 aliphatic heterocycles. The Bertz CT molecular complexity index is 814. The number of ketones is 1. The average Bonchev–Trinajstić information content (AvgIpc) is 2.97. The standard InChI is InChI=1S/C17H13NOS2/c19-17(16-8-13-10-20-6-5-15(13)21-16)12-7-11-3-1-2-4-14(11)18-9-12/h1-4,7-9H,5-6,10H2. The van der Waals surface area contributed by atoms with Crippen LogP contribution in [0.2, 0.25) is 0 Å². The molecule has 1 aromatic carbocycles. The van der Waals surface area contributed by atoms with Crippen LogP contribution in [0.5, 0.6) is 0 Å². The Morgan fingerprint density at radius 2 is 2.10 bits per heavy atom. The summed E-state index contributed by atoms with van der Waals surface area (Å²) in [5.74, 6) is 2.30. The van der Waals surface area contributed by atoms with Gasteiger partial charge in [-0.15, -0.1) is 11.3 Å². The van der Waals surface area contributed by atoms with Crippen molar-refractivity contribution in [2.24, 2.45) is 0 Å². The molecule has 0 unspecified atom stereocenters. The Morgan fingerprint density at radius 1 is 1.19 bits per heavy atom. The molecule has 0 amide bonds. The number of pyridine rings is 1. The lowest BCUT2D eigenvalue weighted by molar-refractivity contribution is 0.104. The number of aromatic nitrogens is 1. The number of hydrogen-bond donors (Lipinski definition) is 0. The SMILES string of the molecule is O=C(c1cnc2ccccc2c1)c1cc2c(s1)CCSC2. The Balaban J connectivity index is 1.73. The maximum Gasteiger partial charge on any atom is 0.204 e. The van der Waals surface area contributed by atoms with Crippen LogP contribution in [0.3, 0.4) is 0 Å². The molecule has 0 saturated carbocycles. The molecule has 0 fully saturated rings. The fourth-order valence-corrected chi connectivity index (χ4v) is 4.93. The van der Waals surface area contributed by atoms with Crippen molar-refractivity contribution in [1.29, 1.82) is 0 Å². The van der Waals surface area contributed by atoms with E-state index in [2.05, 4.69) is 11.1 Å². The van der Waals surface area contributed by atoms with Gasteiger partial charge >= 0.3 is 0 Å². The summed E-state index contributed by atoms with van der Waals surface area (Å²) in [6.45, 7) is 0. The summed E-state index contributed by atoms with van der Waals surface area (Å²) < 4.78 is 0. The molecule has 4 heteroatoms. The molecule has 1 aliphatic rings. The van der Waals surface area contributed by atoms with E-state index in [-0.39, 0.29) is 5.78 Å². The monoisotopic (exact) mass is 311 g/mol. The van der Waals surface area contributed by atoms with Crippen LogP contribution in [0.4, 0.5) is 0 Å². The number of fused-ring (bicyclic) bond motifs is 2. The Hall–Kier alpha value is -1.65. The second-order valence-electron chi connectivity index (χ2n) is 5.11. The summed E-state index contributed by atoms with van der Waals surface area (Å²) in [5.41, 5.74) is 2.95. The highest BCUT2D eigenvalue weighted by Gasteiger charge is 2.18. The number of thiophene rings is 1. The second-order valence-corrected chi connectivity index (χ2v) is 7.35. The lowest BCUT2D eigenvalue weighted by Crippen LogP contribution is -1.99. The molecule has 104 valence electrons. The Morgan fingerprint density at radius 3 is 3.00 bits per heavy atom. The van der Waals surface area contributed by atoms with Gasteiger partial charge in [0.2, 0.25) is 5.78 Å². The molecule has 3 heterocycles. The minimum Gasteiger partial charge on any atom is -0.288 e. The van der Waals surface area contributed by atoms with Crippen LogP contribution >= 0.6 is 23.1 Å². The third-order valence-corrected chi connectivity index (χ3v) is 5.95. The van der Waals surface area contributed by atoms with Crippen LogP contribution in [-0.2, 0) is 12.2 Å². The number of nitrogens with zero attached hydrogens (tertiary/aromatic N) is 1. The maximum atomic E-state index is 12.7. The van der Waals surface area contributed by atoms with E-state index in [1.54, 1.807) is 17.5 Å². The largest absolute Gasteiger partial charge is 0.288 e. The van der Waals surface area contributed by atoms with Gasteiger partial charge in [0.15, 0.2) is 0 Å². The van der Waals surface area contributed by atoms with Gasteiger partial charge in [0.25, 0.3) is 0 Å². The molecule has 0 radical (unpaired) electrons. The number of para-hydroxylation sites is 1. The summed E-state index contributed by atoms with van der Waals surface area (Å²) in [7, 11) is 0. The van der Waals surface area contributed by atoms with Gasteiger partial charge < -0.3 is 0 Å². The summed E-state index contributed by atoms with van der Waals surface area (Å²) >= 11 is 3.60. The molecule has 2 nitrogen and oxygen atoms in total. The summed E-state index contributed by atoms with van der Waals surface area (Å²) in [6, 6.07) is 11.9. The minimum absolute atomic E-state index is 0.0950. The van der Waals surface area contributed by atoms with Crippen molar-refractivity contribution < 1.29 is 4.79 Å². The number of hydrogen-bond acceptors (Lipinski definition) is 4. The van der Waals surface area contributed by atoms with Crippen molar-refractivity contribution >= 4 is 39.8 Å². The van der Waals surface area contributed by atoms with E-state index in [0.717, 1.165) is 28.0 Å². The van der Waals surface area contributed by atoms with E-state index in [4.69, 9.17) is 0 Å². The first-order valence-corrected chi connectivity index (χ1v) is 8.87.